The van der Waals surface area contributed by atoms with Gasteiger partial charge in [-0.2, -0.15) is 0 Å². The molecule has 2 heterocycles. The number of nitrogens with zero attached hydrogens (tertiary/aromatic N) is 2. The molecule has 1 aliphatic rings. The Morgan fingerprint density at radius 1 is 1.03 bits per heavy atom. The number of ether oxygens (including phenoxy) is 3. The molecular formula is C24H29N3O3. The zero-order chi connectivity index (χ0) is 20.9. The first-order chi connectivity index (χ1) is 14.7. The molecule has 0 spiro atoms. The second-order valence-corrected chi connectivity index (χ2v) is 7.54. The molecule has 1 fully saturated rings. The lowest BCUT2D eigenvalue weighted by atomic mass is 10.0. The SMILES string of the molecule is COc1ccc(C(CNc2ccnc3ccc(C)cc23)N2CCOCC2)cc1OC. The number of morpholine rings is 1. The molecule has 0 radical (unpaired) electrons. The molecule has 2 aromatic carbocycles. The average Bonchev–Trinajstić information content (AvgIpc) is 2.80. The van der Waals surface area contributed by atoms with Gasteiger partial charge in [0, 0.05) is 36.9 Å². The zero-order valence-electron chi connectivity index (χ0n) is 17.9. The number of fused-ring (bicyclic) bond motifs is 1. The van der Waals surface area contributed by atoms with Crippen LogP contribution in [0.1, 0.15) is 17.2 Å². The number of rotatable bonds is 7. The maximum Gasteiger partial charge on any atom is 0.161 e. The van der Waals surface area contributed by atoms with Crippen LogP contribution in [0.3, 0.4) is 0 Å². The summed E-state index contributed by atoms with van der Waals surface area (Å²) in [5, 5.41) is 4.83. The highest BCUT2D eigenvalue weighted by Gasteiger charge is 2.24. The third-order valence-corrected chi connectivity index (χ3v) is 5.66. The van der Waals surface area contributed by atoms with Crippen molar-refractivity contribution in [2.24, 2.45) is 0 Å². The van der Waals surface area contributed by atoms with Crippen LogP contribution in [0.15, 0.2) is 48.7 Å². The van der Waals surface area contributed by atoms with Crippen molar-refractivity contribution in [1.29, 1.82) is 0 Å². The Kier molecular flexibility index (Phi) is 6.35. The third-order valence-electron chi connectivity index (χ3n) is 5.66. The van der Waals surface area contributed by atoms with Crippen LogP contribution in [0.4, 0.5) is 5.69 Å². The summed E-state index contributed by atoms with van der Waals surface area (Å²) in [7, 11) is 3.34. The van der Waals surface area contributed by atoms with Gasteiger partial charge in [-0.05, 0) is 42.8 Å². The molecule has 1 saturated heterocycles. The van der Waals surface area contributed by atoms with E-state index >= 15 is 0 Å². The van der Waals surface area contributed by atoms with Crippen molar-refractivity contribution >= 4 is 16.6 Å². The average molecular weight is 408 g/mol. The van der Waals surface area contributed by atoms with E-state index in [4.69, 9.17) is 14.2 Å². The fourth-order valence-corrected chi connectivity index (χ4v) is 4.03. The molecule has 1 N–H and O–H groups in total. The Bertz CT molecular complexity index is 1000. The molecule has 0 bridgehead atoms. The maximum absolute atomic E-state index is 5.59. The number of aryl methyl sites for hydroxylation is 1. The van der Waals surface area contributed by atoms with Gasteiger partial charge in [0.2, 0.25) is 0 Å². The smallest absolute Gasteiger partial charge is 0.161 e. The molecule has 6 heteroatoms. The summed E-state index contributed by atoms with van der Waals surface area (Å²) in [5.41, 5.74) is 4.52. The summed E-state index contributed by atoms with van der Waals surface area (Å²) in [6, 6.07) is 14.8. The topological polar surface area (TPSA) is 55.9 Å². The lowest BCUT2D eigenvalue weighted by molar-refractivity contribution is 0.0187. The number of nitrogens with one attached hydrogen (secondary N) is 1. The second-order valence-electron chi connectivity index (χ2n) is 7.54. The van der Waals surface area contributed by atoms with Crippen LogP contribution in [0.2, 0.25) is 0 Å². The van der Waals surface area contributed by atoms with Gasteiger partial charge in [0.15, 0.2) is 11.5 Å². The lowest BCUT2D eigenvalue weighted by Gasteiger charge is -2.35. The van der Waals surface area contributed by atoms with Crippen LogP contribution in [0.25, 0.3) is 10.9 Å². The first kappa shape index (κ1) is 20.4. The molecule has 1 unspecified atom stereocenters. The summed E-state index contributed by atoms with van der Waals surface area (Å²) in [4.78, 5) is 6.97. The summed E-state index contributed by atoms with van der Waals surface area (Å²) >= 11 is 0. The van der Waals surface area contributed by atoms with Gasteiger partial charge in [-0.25, -0.2) is 0 Å². The van der Waals surface area contributed by atoms with Crippen molar-refractivity contribution in [1.82, 2.24) is 9.88 Å². The molecule has 158 valence electrons. The number of methoxy groups -OCH3 is 2. The summed E-state index contributed by atoms with van der Waals surface area (Å²) < 4.78 is 16.6. The summed E-state index contributed by atoms with van der Waals surface area (Å²) in [6.45, 7) is 6.18. The fraction of sp³-hybridized carbons (Fsp3) is 0.375. The molecule has 0 aliphatic carbocycles. The van der Waals surface area contributed by atoms with Crippen LogP contribution in [-0.4, -0.2) is 57.0 Å². The number of pyridine rings is 1. The highest BCUT2D eigenvalue weighted by Crippen LogP contribution is 2.33. The minimum absolute atomic E-state index is 0.182. The van der Waals surface area contributed by atoms with Gasteiger partial charge in [-0.3, -0.25) is 9.88 Å². The van der Waals surface area contributed by atoms with Crippen LogP contribution in [0, 0.1) is 6.92 Å². The van der Waals surface area contributed by atoms with Gasteiger partial charge in [0.25, 0.3) is 0 Å². The van der Waals surface area contributed by atoms with E-state index in [2.05, 4.69) is 52.5 Å². The summed E-state index contributed by atoms with van der Waals surface area (Å²) in [6.07, 6.45) is 1.86. The number of hydrogen-bond acceptors (Lipinski definition) is 6. The molecule has 0 saturated carbocycles. The van der Waals surface area contributed by atoms with Gasteiger partial charge < -0.3 is 19.5 Å². The van der Waals surface area contributed by atoms with Crippen LogP contribution in [0.5, 0.6) is 11.5 Å². The van der Waals surface area contributed by atoms with Crippen molar-refractivity contribution in [2.45, 2.75) is 13.0 Å². The standard InChI is InChI=1S/C24H29N3O3/c1-17-4-6-20-19(14-17)21(8-9-25-20)26-16-22(27-10-12-30-13-11-27)18-5-7-23(28-2)24(15-18)29-3/h4-9,14-15,22H,10-13,16H2,1-3H3,(H,25,26). The van der Waals surface area contributed by atoms with Gasteiger partial charge in [0.1, 0.15) is 0 Å². The molecule has 30 heavy (non-hydrogen) atoms. The van der Waals surface area contributed by atoms with E-state index in [0.29, 0.717) is 0 Å². The summed E-state index contributed by atoms with van der Waals surface area (Å²) in [5.74, 6) is 1.49. The lowest BCUT2D eigenvalue weighted by Crippen LogP contribution is -2.41. The number of anilines is 1. The predicted molar refractivity (Wildman–Crippen MR) is 120 cm³/mol. The largest absolute Gasteiger partial charge is 0.493 e. The Hall–Kier alpha value is -2.83. The highest BCUT2D eigenvalue weighted by atomic mass is 16.5. The van der Waals surface area contributed by atoms with E-state index in [1.54, 1.807) is 14.2 Å². The molecule has 3 aromatic rings. The number of benzene rings is 2. The zero-order valence-corrected chi connectivity index (χ0v) is 17.9. The van der Waals surface area contributed by atoms with Crippen molar-refractivity contribution in [3.63, 3.8) is 0 Å². The number of aromatic nitrogens is 1. The molecule has 0 amide bonds. The van der Waals surface area contributed by atoms with Gasteiger partial charge in [-0.1, -0.05) is 17.7 Å². The first-order valence-electron chi connectivity index (χ1n) is 10.3. The molecule has 1 aromatic heterocycles. The molecule has 1 aliphatic heterocycles. The van der Waals surface area contributed by atoms with E-state index in [1.807, 2.05) is 18.3 Å². The minimum atomic E-state index is 0.182. The van der Waals surface area contributed by atoms with E-state index in [-0.39, 0.29) is 6.04 Å². The van der Waals surface area contributed by atoms with Crippen molar-refractivity contribution in [3.05, 3.63) is 59.8 Å². The highest BCUT2D eigenvalue weighted by molar-refractivity contribution is 5.91. The maximum atomic E-state index is 5.59. The molecule has 6 nitrogen and oxygen atoms in total. The fourth-order valence-electron chi connectivity index (χ4n) is 4.03. The van der Waals surface area contributed by atoms with E-state index in [0.717, 1.165) is 60.9 Å². The molecule has 1 atom stereocenters. The van der Waals surface area contributed by atoms with Crippen LogP contribution in [-0.2, 0) is 4.74 Å². The molecular weight excluding hydrogens is 378 g/mol. The van der Waals surface area contributed by atoms with E-state index in [1.165, 1.54) is 11.1 Å². The van der Waals surface area contributed by atoms with Crippen molar-refractivity contribution in [3.8, 4) is 11.5 Å². The van der Waals surface area contributed by atoms with Crippen molar-refractivity contribution in [2.75, 3.05) is 52.4 Å². The van der Waals surface area contributed by atoms with E-state index < -0.39 is 0 Å². The quantitative estimate of drug-likeness (QED) is 0.638. The Labute approximate surface area is 177 Å². The van der Waals surface area contributed by atoms with Crippen LogP contribution >= 0.6 is 0 Å². The monoisotopic (exact) mass is 407 g/mol. The minimum Gasteiger partial charge on any atom is -0.493 e. The molecule has 4 rings (SSSR count). The van der Waals surface area contributed by atoms with Crippen molar-refractivity contribution < 1.29 is 14.2 Å². The Balaban J connectivity index is 1.64. The normalized spacial score (nSPS) is 15.7. The Morgan fingerprint density at radius 3 is 2.60 bits per heavy atom. The van der Waals surface area contributed by atoms with E-state index in [9.17, 15) is 0 Å². The van der Waals surface area contributed by atoms with Gasteiger partial charge in [0.05, 0.1) is 39.0 Å². The van der Waals surface area contributed by atoms with Gasteiger partial charge >= 0.3 is 0 Å². The third kappa shape index (κ3) is 4.35. The first-order valence-corrected chi connectivity index (χ1v) is 10.3. The van der Waals surface area contributed by atoms with Crippen LogP contribution < -0.4 is 14.8 Å². The number of hydrogen-bond donors (Lipinski definition) is 1. The second kappa shape index (κ2) is 9.32. The predicted octanol–water partition coefficient (Wildman–Crippen LogP) is 4.05. The van der Waals surface area contributed by atoms with Gasteiger partial charge in [-0.15, -0.1) is 0 Å². The Morgan fingerprint density at radius 2 is 1.83 bits per heavy atom.